The quantitative estimate of drug-likeness (QED) is 0.389. The lowest BCUT2D eigenvalue weighted by atomic mass is 10.2. The van der Waals surface area contributed by atoms with Gasteiger partial charge in [-0.3, -0.25) is 4.79 Å². The lowest BCUT2D eigenvalue weighted by Gasteiger charge is -2.02. The Morgan fingerprint density at radius 2 is 1.96 bits per heavy atom. The van der Waals surface area contributed by atoms with Crippen LogP contribution >= 0.6 is 0 Å². The third-order valence-electron chi connectivity index (χ3n) is 3.70. The zero-order valence-electron chi connectivity index (χ0n) is 14.4. The minimum Gasteiger partial charge on any atom is -0.497 e. The third kappa shape index (κ3) is 4.10. The fourth-order valence-corrected chi connectivity index (χ4v) is 2.39. The molecule has 6 nitrogen and oxygen atoms in total. The lowest BCUT2D eigenvalue weighted by Crippen LogP contribution is -2.17. The van der Waals surface area contributed by atoms with Crippen LogP contribution in [-0.2, 0) is 0 Å². The number of aromatic nitrogens is 1. The van der Waals surface area contributed by atoms with E-state index in [1.807, 2.05) is 42.5 Å². The Balaban J connectivity index is 1.62. The molecule has 0 fully saturated rings. The molecule has 1 amide bonds. The average Bonchev–Trinajstić information content (AvgIpc) is 3.10. The fraction of sp³-hybridized carbons (Fsp3) is 0.100. The summed E-state index contributed by atoms with van der Waals surface area (Å²) < 4.78 is 10.6. The van der Waals surface area contributed by atoms with Crippen LogP contribution in [0.25, 0.3) is 10.9 Å². The summed E-state index contributed by atoms with van der Waals surface area (Å²) >= 11 is 0. The summed E-state index contributed by atoms with van der Waals surface area (Å²) in [5.41, 5.74) is 4.64. The third-order valence-corrected chi connectivity index (χ3v) is 3.70. The largest absolute Gasteiger partial charge is 0.497 e. The maximum atomic E-state index is 12.2. The van der Waals surface area contributed by atoms with Crippen molar-refractivity contribution in [3.05, 3.63) is 72.4 Å². The van der Waals surface area contributed by atoms with Gasteiger partial charge in [-0.15, -0.1) is 0 Å². The Labute approximate surface area is 151 Å². The molecule has 0 radical (unpaired) electrons. The Kier molecular flexibility index (Phi) is 5.34. The summed E-state index contributed by atoms with van der Waals surface area (Å²) in [6.07, 6.45) is 3.26. The first kappa shape index (κ1) is 17.3. The molecule has 2 N–H and O–H groups in total. The maximum absolute atomic E-state index is 12.2. The first-order chi connectivity index (χ1) is 12.7. The number of benzene rings is 2. The molecule has 0 spiro atoms. The van der Waals surface area contributed by atoms with Crippen molar-refractivity contribution in [2.24, 2.45) is 5.10 Å². The van der Waals surface area contributed by atoms with Crippen LogP contribution in [0.3, 0.4) is 0 Å². The van der Waals surface area contributed by atoms with Crippen molar-refractivity contribution in [3.63, 3.8) is 0 Å². The molecule has 2 aromatic carbocycles. The normalized spacial score (nSPS) is 10.8. The van der Waals surface area contributed by atoms with Gasteiger partial charge in [0.05, 0.1) is 13.3 Å². The minimum absolute atomic E-state index is 0.317. The fourth-order valence-electron chi connectivity index (χ4n) is 2.39. The molecule has 0 atom stereocenters. The van der Waals surface area contributed by atoms with E-state index in [4.69, 9.17) is 9.47 Å². The number of H-pyrrole nitrogens is 1. The lowest BCUT2D eigenvalue weighted by molar-refractivity contribution is 0.0951. The Hall–Kier alpha value is -3.54. The van der Waals surface area contributed by atoms with E-state index in [0.29, 0.717) is 12.3 Å². The number of hydrogen-bond donors (Lipinski definition) is 2. The van der Waals surface area contributed by atoms with Gasteiger partial charge >= 0.3 is 0 Å². The number of nitrogens with one attached hydrogen (secondary N) is 2. The van der Waals surface area contributed by atoms with E-state index >= 15 is 0 Å². The number of methoxy groups -OCH3 is 1. The van der Waals surface area contributed by atoms with Crippen LogP contribution in [0.1, 0.15) is 16.1 Å². The molecular weight excluding hydrogens is 330 g/mol. The molecule has 1 aromatic heterocycles. The standard InChI is InChI=1S/C20H19N3O3/c1-3-10-26-16-6-4-14(5-7-16)13-21-23-20(24)19-12-15-11-17(25-2)8-9-18(15)22-19/h3-9,11-13,22H,1,10H2,2H3,(H,23,24)/b21-13-. The molecule has 1 heterocycles. The number of nitrogens with zero attached hydrogens (tertiary/aromatic N) is 1. The van der Waals surface area contributed by atoms with Gasteiger partial charge in [-0.05, 0) is 54.1 Å². The van der Waals surface area contributed by atoms with E-state index in [1.54, 1.807) is 25.5 Å². The molecule has 132 valence electrons. The molecule has 0 aliphatic carbocycles. The number of hydrazone groups is 1. The van der Waals surface area contributed by atoms with E-state index in [9.17, 15) is 4.79 Å². The number of carbonyl (C=O) groups is 1. The SMILES string of the molecule is C=CCOc1ccc(/C=N\NC(=O)c2cc3cc(OC)ccc3[nH]2)cc1. The van der Waals surface area contributed by atoms with E-state index in [-0.39, 0.29) is 5.91 Å². The number of rotatable bonds is 7. The van der Waals surface area contributed by atoms with Gasteiger partial charge in [-0.25, -0.2) is 5.43 Å². The first-order valence-corrected chi connectivity index (χ1v) is 8.03. The molecule has 26 heavy (non-hydrogen) atoms. The molecule has 0 aliphatic heterocycles. The Morgan fingerprint density at radius 3 is 2.69 bits per heavy atom. The van der Waals surface area contributed by atoms with Crippen LogP contribution in [0.4, 0.5) is 0 Å². The summed E-state index contributed by atoms with van der Waals surface area (Å²) in [7, 11) is 1.61. The van der Waals surface area contributed by atoms with Crippen molar-refractivity contribution < 1.29 is 14.3 Å². The summed E-state index contributed by atoms with van der Waals surface area (Å²) in [6.45, 7) is 4.06. The van der Waals surface area contributed by atoms with Crippen LogP contribution in [0.5, 0.6) is 11.5 Å². The molecule has 0 bridgehead atoms. The van der Waals surface area contributed by atoms with Gasteiger partial charge in [-0.1, -0.05) is 12.7 Å². The Morgan fingerprint density at radius 1 is 1.19 bits per heavy atom. The average molecular weight is 349 g/mol. The molecule has 0 unspecified atom stereocenters. The molecule has 0 saturated heterocycles. The van der Waals surface area contributed by atoms with Crippen molar-refractivity contribution in [3.8, 4) is 11.5 Å². The summed E-state index contributed by atoms with van der Waals surface area (Å²) in [5.74, 6) is 1.17. The van der Waals surface area contributed by atoms with E-state index in [2.05, 4.69) is 22.1 Å². The molecule has 0 saturated carbocycles. The second-order valence-corrected chi connectivity index (χ2v) is 5.50. The van der Waals surface area contributed by atoms with Gasteiger partial charge < -0.3 is 14.5 Å². The number of carbonyl (C=O) groups excluding carboxylic acids is 1. The smallest absolute Gasteiger partial charge is 0.287 e. The van der Waals surface area contributed by atoms with Crippen LogP contribution in [0.2, 0.25) is 0 Å². The van der Waals surface area contributed by atoms with Gasteiger partial charge in [0.25, 0.3) is 5.91 Å². The highest BCUT2D eigenvalue weighted by Crippen LogP contribution is 2.21. The minimum atomic E-state index is -0.317. The van der Waals surface area contributed by atoms with Crippen LogP contribution < -0.4 is 14.9 Å². The number of hydrogen-bond acceptors (Lipinski definition) is 4. The van der Waals surface area contributed by atoms with Crippen LogP contribution in [-0.4, -0.2) is 30.8 Å². The molecule has 0 aliphatic rings. The second kappa shape index (κ2) is 8.02. The monoisotopic (exact) mass is 349 g/mol. The number of amides is 1. The highest BCUT2D eigenvalue weighted by atomic mass is 16.5. The van der Waals surface area contributed by atoms with Crippen molar-refractivity contribution in [1.29, 1.82) is 0 Å². The first-order valence-electron chi connectivity index (χ1n) is 8.03. The zero-order chi connectivity index (χ0) is 18.4. The highest BCUT2D eigenvalue weighted by Gasteiger charge is 2.09. The number of aromatic amines is 1. The van der Waals surface area contributed by atoms with Crippen LogP contribution in [0, 0.1) is 0 Å². The van der Waals surface area contributed by atoms with Gasteiger partial charge in [0.1, 0.15) is 23.8 Å². The highest BCUT2D eigenvalue weighted by molar-refractivity contribution is 5.98. The summed E-state index contributed by atoms with van der Waals surface area (Å²) in [4.78, 5) is 15.3. The van der Waals surface area contributed by atoms with E-state index < -0.39 is 0 Å². The number of fused-ring (bicyclic) bond motifs is 1. The molecule has 3 aromatic rings. The summed E-state index contributed by atoms with van der Waals surface area (Å²) in [6, 6.07) is 14.7. The van der Waals surface area contributed by atoms with Gasteiger partial charge in [0.2, 0.25) is 0 Å². The Bertz CT molecular complexity index is 943. The summed E-state index contributed by atoms with van der Waals surface area (Å²) in [5, 5.41) is 4.88. The predicted molar refractivity (Wildman–Crippen MR) is 102 cm³/mol. The van der Waals surface area contributed by atoms with E-state index in [1.165, 1.54) is 0 Å². The molecule has 6 heteroatoms. The van der Waals surface area contributed by atoms with Gasteiger partial charge in [0.15, 0.2) is 0 Å². The topological polar surface area (TPSA) is 75.7 Å². The van der Waals surface area contributed by atoms with Crippen LogP contribution in [0.15, 0.2) is 66.3 Å². The van der Waals surface area contributed by atoms with Gasteiger partial charge in [0, 0.05) is 10.9 Å². The van der Waals surface area contributed by atoms with E-state index in [0.717, 1.165) is 28.0 Å². The predicted octanol–water partition coefficient (Wildman–Crippen LogP) is 3.51. The van der Waals surface area contributed by atoms with Crippen molar-refractivity contribution in [1.82, 2.24) is 10.4 Å². The molecular formula is C20H19N3O3. The molecule has 3 rings (SSSR count). The van der Waals surface area contributed by atoms with Gasteiger partial charge in [-0.2, -0.15) is 5.10 Å². The van der Waals surface area contributed by atoms with Crippen molar-refractivity contribution in [2.45, 2.75) is 0 Å². The van der Waals surface area contributed by atoms with Crippen molar-refractivity contribution in [2.75, 3.05) is 13.7 Å². The second-order valence-electron chi connectivity index (χ2n) is 5.50. The zero-order valence-corrected chi connectivity index (χ0v) is 14.4. The number of ether oxygens (including phenoxy) is 2. The van der Waals surface area contributed by atoms with Crippen molar-refractivity contribution >= 4 is 23.0 Å². The maximum Gasteiger partial charge on any atom is 0.287 e.